The Bertz CT molecular complexity index is 383. The lowest BCUT2D eigenvalue weighted by Gasteiger charge is -2.34. The first kappa shape index (κ1) is 13.4. The van der Waals surface area contributed by atoms with Gasteiger partial charge in [-0.2, -0.15) is 22.7 Å². The van der Waals surface area contributed by atoms with E-state index in [4.69, 9.17) is 5.26 Å². The third-order valence-corrected chi connectivity index (χ3v) is 4.64. The molecular formula is C10H19N3O2S. The average molecular weight is 245 g/mol. The summed E-state index contributed by atoms with van der Waals surface area (Å²) in [6.45, 7) is 5.55. The molecule has 1 heterocycles. The van der Waals surface area contributed by atoms with Crippen molar-refractivity contribution in [2.45, 2.75) is 51.6 Å². The van der Waals surface area contributed by atoms with E-state index in [1.807, 2.05) is 13.0 Å². The van der Waals surface area contributed by atoms with Crippen molar-refractivity contribution in [2.75, 3.05) is 6.54 Å². The fourth-order valence-corrected chi connectivity index (χ4v) is 3.59. The van der Waals surface area contributed by atoms with E-state index in [9.17, 15) is 8.42 Å². The molecule has 0 aromatic heterocycles. The minimum Gasteiger partial charge on any atom is -0.196 e. The van der Waals surface area contributed by atoms with Gasteiger partial charge in [0.15, 0.2) is 0 Å². The van der Waals surface area contributed by atoms with Crippen molar-refractivity contribution in [2.24, 2.45) is 0 Å². The van der Waals surface area contributed by atoms with Crippen LogP contribution in [0.3, 0.4) is 0 Å². The van der Waals surface area contributed by atoms with Crippen LogP contribution in [-0.4, -0.2) is 30.8 Å². The highest BCUT2D eigenvalue weighted by Gasteiger charge is 2.33. The van der Waals surface area contributed by atoms with Crippen LogP contribution in [0, 0.1) is 11.3 Å². The first-order valence-corrected chi connectivity index (χ1v) is 6.94. The number of hydrogen-bond donors (Lipinski definition) is 1. The lowest BCUT2D eigenvalue weighted by atomic mass is 10.1. The fourth-order valence-electron chi connectivity index (χ4n) is 1.83. The Kier molecular flexibility index (Phi) is 3.94. The topological polar surface area (TPSA) is 73.2 Å². The quantitative estimate of drug-likeness (QED) is 0.806. The normalized spacial score (nSPS) is 24.0. The van der Waals surface area contributed by atoms with E-state index < -0.39 is 15.7 Å². The van der Waals surface area contributed by atoms with E-state index in [0.717, 1.165) is 19.3 Å². The summed E-state index contributed by atoms with van der Waals surface area (Å²) in [6, 6.07) is 1.95. The highest BCUT2D eigenvalue weighted by molar-refractivity contribution is 7.87. The van der Waals surface area contributed by atoms with Crippen LogP contribution in [0.2, 0.25) is 0 Å². The SMILES string of the molecule is CC1CCCCN1S(=O)(=O)NC(C)(C)C#N. The van der Waals surface area contributed by atoms with Crippen LogP contribution in [0.4, 0.5) is 0 Å². The van der Waals surface area contributed by atoms with E-state index in [2.05, 4.69) is 4.72 Å². The van der Waals surface area contributed by atoms with Crippen molar-refractivity contribution in [1.82, 2.24) is 9.03 Å². The molecule has 0 bridgehead atoms. The van der Waals surface area contributed by atoms with Crippen LogP contribution in [-0.2, 0) is 10.2 Å². The maximum Gasteiger partial charge on any atom is 0.281 e. The van der Waals surface area contributed by atoms with E-state index in [0.29, 0.717) is 6.54 Å². The minimum absolute atomic E-state index is 0.0146. The van der Waals surface area contributed by atoms with Crippen LogP contribution in [0.25, 0.3) is 0 Å². The van der Waals surface area contributed by atoms with E-state index in [-0.39, 0.29) is 6.04 Å². The summed E-state index contributed by atoms with van der Waals surface area (Å²) in [4.78, 5) is 0. The molecule has 16 heavy (non-hydrogen) atoms. The van der Waals surface area contributed by atoms with Gasteiger partial charge in [-0.05, 0) is 33.6 Å². The van der Waals surface area contributed by atoms with Crippen molar-refractivity contribution >= 4 is 10.2 Å². The van der Waals surface area contributed by atoms with E-state index in [1.165, 1.54) is 4.31 Å². The fraction of sp³-hybridized carbons (Fsp3) is 0.900. The van der Waals surface area contributed by atoms with Crippen molar-refractivity contribution < 1.29 is 8.42 Å². The van der Waals surface area contributed by atoms with Crippen LogP contribution >= 0.6 is 0 Å². The van der Waals surface area contributed by atoms with E-state index in [1.54, 1.807) is 13.8 Å². The number of hydrogen-bond acceptors (Lipinski definition) is 3. The predicted octanol–water partition coefficient (Wildman–Crippen LogP) is 0.997. The Hall–Kier alpha value is -0.640. The van der Waals surface area contributed by atoms with Gasteiger partial charge >= 0.3 is 0 Å². The molecular weight excluding hydrogens is 226 g/mol. The van der Waals surface area contributed by atoms with Gasteiger partial charge in [0.2, 0.25) is 0 Å². The summed E-state index contributed by atoms with van der Waals surface area (Å²) in [6.07, 6.45) is 2.83. The third-order valence-electron chi connectivity index (χ3n) is 2.71. The van der Waals surface area contributed by atoms with Gasteiger partial charge < -0.3 is 0 Å². The van der Waals surface area contributed by atoms with Gasteiger partial charge in [0.05, 0.1) is 6.07 Å². The second-order valence-corrected chi connectivity index (χ2v) is 6.42. The van der Waals surface area contributed by atoms with Crippen LogP contribution in [0.15, 0.2) is 0 Å². The number of nitriles is 1. The van der Waals surface area contributed by atoms with Gasteiger partial charge in [0.1, 0.15) is 5.54 Å². The van der Waals surface area contributed by atoms with Crippen molar-refractivity contribution in [3.05, 3.63) is 0 Å². The predicted molar refractivity (Wildman–Crippen MR) is 61.8 cm³/mol. The Balaban J connectivity index is 2.82. The van der Waals surface area contributed by atoms with Gasteiger partial charge in [0.25, 0.3) is 10.2 Å². The van der Waals surface area contributed by atoms with Crippen LogP contribution in [0.1, 0.15) is 40.0 Å². The highest BCUT2D eigenvalue weighted by atomic mass is 32.2. The molecule has 5 nitrogen and oxygen atoms in total. The monoisotopic (exact) mass is 245 g/mol. The Morgan fingerprint density at radius 1 is 1.44 bits per heavy atom. The summed E-state index contributed by atoms with van der Waals surface area (Å²) in [7, 11) is -3.54. The molecule has 0 radical (unpaired) electrons. The molecule has 0 spiro atoms. The molecule has 1 atom stereocenters. The lowest BCUT2D eigenvalue weighted by Crippen LogP contribution is -2.53. The van der Waals surface area contributed by atoms with Gasteiger partial charge in [-0.1, -0.05) is 6.42 Å². The number of nitrogens with zero attached hydrogens (tertiary/aromatic N) is 2. The molecule has 92 valence electrons. The zero-order valence-corrected chi connectivity index (χ0v) is 10.8. The van der Waals surface area contributed by atoms with Gasteiger partial charge in [-0.3, -0.25) is 0 Å². The van der Waals surface area contributed by atoms with Crippen LogP contribution < -0.4 is 4.72 Å². The zero-order chi connectivity index (χ0) is 12.4. The maximum atomic E-state index is 12.0. The molecule has 0 aromatic carbocycles. The molecule has 1 aliphatic rings. The van der Waals surface area contributed by atoms with E-state index >= 15 is 0 Å². The van der Waals surface area contributed by atoms with Gasteiger partial charge in [-0.15, -0.1) is 0 Å². The molecule has 1 aliphatic heterocycles. The van der Waals surface area contributed by atoms with Crippen molar-refractivity contribution in [3.8, 4) is 6.07 Å². The lowest BCUT2D eigenvalue weighted by molar-refractivity contribution is 0.262. The molecule has 1 rings (SSSR count). The minimum atomic E-state index is -3.54. The number of rotatable bonds is 3. The summed E-state index contributed by atoms with van der Waals surface area (Å²) >= 11 is 0. The van der Waals surface area contributed by atoms with Crippen molar-refractivity contribution in [3.63, 3.8) is 0 Å². The van der Waals surface area contributed by atoms with Gasteiger partial charge in [0, 0.05) is 12.6 Å². The third kappa shape index (κ3) is 3.17. The second-order valence-electron chi connectivity index (χ2n) is 4.80. The summed E-state index contributed by atoms with van der Waals surface area (Å²) in [5, 5.41) is 8.83. The van der Waals surface area contributed by atoms with Crippen LogP contribution in [0.5, 0.6) is 0 Å². The second kappa shape index (κ2) is 4.70. The average Bonchev–Trinajstić information content (AvgIpc) is 2.16. The summed E-state index contributed by atoms with van der Waals surface area (Å²) < 4.78 is 27.9. The number of piperidine rings is 1. The molecule has 1 N–H and O–H groups in total. The molecule has 0 amide bonds. The largest absolute Gasteiger partial charge is 0.281 e. The smallest absolute Gasteiger partial charge is 0.196 e. The summed E-state index contributed by atoms with van der Waals surface area (Å²) in [5.74, 6) is 0. The molecule has 1 unspecified atom stereocenters. The Morgan fingerprint density at radius 2 is 2.06 bits per heavy atom. The molecule has 6 heteroatoms. The standard InChI is InChI=1S/C10H19N3O2S/c1-9-6-4-5-7-13(9)16(14,15)12-10(2,3)8-11/h9,12H,4-7H2,1-3H3. The highest BCUT2D eigenvalue weighted by Crippen LogP contribution is 2.20. The Morgan fingerprint density at radius 3 is 2.56 bits per heavy atom. The molecule has 0 aromatic rings. The molecule has 1 fully saturated rings. The van der Waals surface area contributed by atoms with Crippen molar-refractivity contribution in [1.29, 1.82) is 5.26 Å². The molecule has 0 aliphatic carbocycles. The van der Waals surface area contributed by atoms with Gasteiger partial charge in [-0.25, -0.2) is 0 Å². The Labute approximate surface area is 97.6 Å². The molecule has 0 saturated carbocycles. The number of nitrogens with one attached hydrogen (secondary N) is 1. The molecule has 1 saturated heterocycles. The maximum absolute atomic E-state index is 12.0. The first-order chi connectivity index (χ1) is 7.28. The first-order valence-electron chi connectivity index (χ1n) is 5.50. The summed E-state index contributed by atoms with van der Waals surface area (Å²) in [5.41, 5.74) is -1.06. The zero-order valence-electron chi connectivity index (χ0n) is 10.0.